The lowest BCUT2D eigenvalue weighted by atomic mass is 9.98. The van der Waals surface area contributed by atoms with Gasteiger partial charge < -0.3 is 15.0 Å². The van der Waals surface area contributed by atoms with E-state index in [-0.39, 0.29) is 19.0 Å². The molecule has 1 heterocycles. The minimum absolute atomic E-state index is 0.0981. The second kappa shape index (κ2) is 9.42. The van der Waals surface area contributed by atoms with E-state index in [4.69, 9.17) is 4.74 Å². The Labute approximate surface area is 159 Å². The van der Waals surface area contributed by atoms with Crippen molar-refractivity contribution in [1.82, 2.24) is 14.5 Å². The lowest BCUT2D eigenvalue weighted by Crippen LogP contribution is -2.47. The zero-order valence-corrected chi connectivity index (χ0v) is 16.7. The third-order valence-corrected chi connectivity index (χ3v) is 6.58. The molecule has 1 saturated carbocycles. The summed E-state index contributed by atoms with van der Waals surface area (Å²) in [5.41, 5.74) is -5.23. The average Bonchev–Trinajstić information content (AvgIpc) is 3.43. The Morgan fingerprint density at radius 3 is 2.37 bits per heavy atom. The highest BCUT2D eigenvalue weighted by atomic mass is 32.2. The fraction of sp³-hybridized carbons (Fsp3) is 0.938. The SMILES string of the molecule is CN=C(NCC1CCN(S(=O)(=O)C(F)(F)F)CC1)N(C)CCOCC1CC1. The third-order valence-electron chi connectivity index (χ3n) is 4.95. The molecule has 0 radical (unpaired) electrons. The maximum absolute atomic E-state index is 12.6. The molecule has 1 saturated heterocycles. The predicted octanol–water partition coefficient (Wildman–Crippen LogP) is 1.48. The first-order chi connectivity index (χ1) is 12.6. The van der Waals surface area contributed by atoms with Crippen LogP contribution in [0.15, 0.2) is 4.99 Å². The molecule has 0 aromatic rings. The molecular formula is C16H29F3N4O3S. The first-order valence-electron chi connectivity index (χ1n) is 9.21. The summed E-state index contributed by atoms with van der Waals surface area (Å²) in [6, 6.07) is 0. The molecule has 0 amide bonds. The number of sulfonamides is 1. The molecule has 27 heavy (non-hydrogen) atoms. The van der Waals surface area contributed by atoms with E-state index in [0.29, 0.717) is 42.8 Å². The van der Waals surface area contributed by atoms with Crippen LogP contribution in [0.3, 0.4) is 0 Å². The van der Waals surface area contributed by atoms with Crippen LogP contribution in [0.25, 0.3) is 0 Å². The lowest BCUT2D eigenvalue weighted by molar-refractivity contribution is -0.0496. The number of likely N-dealkylation sites (N-methyl/N-ethyl adjacent to an activating group) is 1. The quantitative estimate of drug-likeness (QED) is 0.370. The fourth-order valence-corrected chi connectivity index (χ4v) is 3.95. The normalized spacial score (nSPS) is 20.7. The molecule has 2 fully saturated rings. The number of alkyl halides is 3. The van der Waals surface area contributed by atoms with Crippen molar-refractivity contribution in [3.63, 3.8) is 0 Å². The van der Waals surface area contributed by atoms with Crippen LogP contribution in [-0.2, 0) is 14.8 Å². The summed E-state index contributed by atoms with van der Waals surface area (Å²) in [7, 11) is -1.65. The van der Waals surface area contributed by atoms with Gasteiger partial charge in [-0.2, -0.15) is 17.5 Å². The Morgan fingerprint density at radius 1 is 1.22 bits per heavy atom. The summed E-state index contributed by atoms with van der Waals surface area (Å²) in [6.45, 7) is 2.42. The van der Waals surface area contributed by atoms with Gasteiger partial charge in [0.25, 0.3) is 0 Å². The molecule has 0 aromatic heterocycles. The standard InChI is InChI=1S/C16H29F3N4O3S/c1-20-15(22(2)9-10-26-12-14-3-4-14)21-11-13-5-7-23(8-6-13)27(24,25)16(17,18)19/h13-14H,3-12H2,1-2H3,(H,20,21). The summed E-state index contributed by atoms with van der Waals surface area (Å²) in [5.74, 6) is 1.51. The van der Waals surface area contributed by atoms with Gasteiger partial charge in [-0.05, 0) is 37.5 Å². The Morgan fingerprint density at radius 2 is 1.85 bits per heavy atom. The highest BCUT2D eigenvalue weighted by Crippen LogP contribution is 2.30. The van der Waals surface area contributed by atoms with Crippen LogP contribution in [0, 0.1) is 11.8 Å². The number of aliphatic imine (C=N–C) groups is 1. The smallest absolute Gasteiger partial charge is 0.379 e. The molecule has 2 aliphatic rings. The lowest BCUT2D eigenvalue weighted by Gasteiger charge is -2.32. The Balaban J connectivity index is 1.69. The average molecular weight is 414 g/mol. The zero-order valence-electron chi connectivity index (χ0n) is 15.8. The molecule has 1 N–H and O–H groups in total. The number of hydrogen-bond donors (Lipinski definition) is 1. The largest absolute Gasteiger partial charge is 0.511 e. The summed E-state index contributed by atoms with van der Waals surface area (Å²) in [5, 5.41) is 3.21. The van der Waals surface area contributed by atoms with Gasteiger partial charge in [0.15, 0.2) is 5.96 Å². The van der Waals surface area contributed by atoms with Gasteiger partial charge in [-0.3, -0.25) is 4.99 Å². The van der Waals surface area contributed by atoms with Gasteiger partial charge in [0, 0.05) is 46.9 Å². The molecular weight excluding hydrogens is 385 g/mol. The van der Waals surface area contributed by atoms with Crippen molar-refractivity contribution in [2.24, 2.45) is 16.8 Å². The van der Waals surface area contributed by atoms with E-state index in [1.54, 1.807) is 7.05 Å². The number of nitrogens with zero attached hydrogens (tertiary/aromatic N) is 3. The van der Waals surface area contributed by atoms with Crippen molar-refractivity contribution in [3.8, 4) is 0 Å². The minimum Gasteiger partial charge on any atom is -0.379 e. The van der Waals surface area contributed by atoms with Crippen molar-refractivity contribution >= 4 is 16.0 Å². The van der Waals surface area contributed by atoms with Gasteiger partial charge in [0.2, 0.25) is 0 Å². The molecule has 0 unspecified atom stereocenters. The second-order valence-corrected chi connectivity index (χ2v) is 9.09. The number of halogens is 3. The molecule has 0 aromatic carbocycles. The van der Waals surface area contributed by atoms with Gasteiger partial charge in [0.05, 0.1) is 6.61 Å². The van der Waals surface area contributed by atoms with Crippen LogP contribution in [0.1, 0.15) is 25.7 Å². The van der Waals surface area contributed by atoms with E-state index in [0.717, 1.165) is 12.5 Å². The molecule has 0 atom stereocenters. The fourth-order valence-electron chi connectivity index (χ4n) is 2.96. The van der Waals surface area contributed by atoms with E-state index in [1.165, 1.54) is 12.8 Å². The molecule has 2 rings (SSSR count). The maximum atomic E-state index is 12.6. The Kier molecular flexibility index (Phi) is 7.75. The van der Waals surface area contributed by atoms with Crippen molar-refractivity contribution in [3.05, 3.63) is 0 Å². The molecule has 1 aliphatic carbocycles. The number of nitrogens with one attached hydrogen (secondary N) is 1. The predicted molar refractivity (Wildman–Crippen MR) is 96.8 cm³/mol. The zero-order chi connectivity index (χ0) is 20.1. The second-order valence-electron chi connectivity index (χ2n) is 7.16. The van der Waals surface area contributed by atoms with E-state index in [2.05, 4.69) is 10.3 Å². The van der Waals surface area contributed by atoms with Crippen LogP contribution in [0.2, 0.25) is 0 Å². The first kappa shape index (κ1) is 22.2. The van der Waals surface area contributed by atoms with E-state index < -0.39 is 15.5 Å². The van der Waals surface area contributed by atoms with Crippen molar-refractivity contribution in [2.75, 3.05) is 53.5 Å². The third kappa shape index (κ3) is 6.49. The monoisotopic (exact) mass is 414 g/mol. The summed E-state index contributed by atoms with van der Waals surface area (Å²) in [6.07, 6.45) is 3.27. The minimum atomic E-state index is -5.23. The first-order valence-corrected chi connectivity index (χ1v) is 10.6. The number of piperidine rings is 1. The van der Waals surface area contributed by atoms with Gasteiger partial charge >= 0.3 is 15.5 Å². The van der Waals surface area contributed by atoms with Gasteiger partial charge in [-0.15, -0.1) is 0 Å². The Hall–Kier alpha value is -1.07. The Bertz CT molecular complexity index is 601. The van der Waals surface area contributed by atoms with Crippen LogP contribution in [0.5, 0.6) is 0 Å². The van der Waals surface area contributed by atoms with Crippen molar-refractivity contribution in [2.45, 2.75) is 31.2 Å². The van der Waals surface area contributed by atoms with Crippen molar-refractivity contribution < 1.29 is 26.3 Å². The molecule has 7 nitrogen and oxygen atoms in total. The molecule has 1 aliphatic heterocycles. The molecule has 0 bridgehead atoms. The highest BCUT2D eigenvalue weighted by Gasteiger charge is 2.50. The number of guanidine groups is 1. The molecule has 158 valence electrons. The summed E-state index contributed by atoms with van der Waals surface area (Å²) in [4.78, 5) is 6.15. The number of rotatable bonds is 8. The van der Waals surface area contributed by atoms with Gasteiger partial charge in [-0.25, -0.2) is 8.42 Å². The topological polar surface area (TPSA) is 74.2 Å². The van der Waals surface area contributed by atoms with Gasteiger partial charge in [-0.1, -0.05) is 0 Å². The van der Waals surface area contributed by atoms with Crippen LogP contribution in [-0.4, -0.2) is 82.6 Å². The number of hydrogen-bond acceptors (Lipinski definition) is 4. The summed E-state index contributed by atoms with van der Waals surface area (Å²) < 4.78 is 66.8. The van der Waals surface area contributed by atoms with E-state index in [9.17, 15) is 21.6 Å². The number of ether oxygens (including phenoxy) is 1. The van der Waals surface area contributed by atoms with Gasteiger partial charge in [0.1, 0.15) is 0 Å². The van der Waals surface area contributed by atoms with E-state index >= 15 is 0 Å². The molecule has 11 heteroatoms. The van der Waals surface area contributed by atoms with Crippen molar-refractivity contribution in [1.29, 1.82) is 0 Å². The molecule has 0 spiro atoms. The van der Waals surface area contributed by atoms with E-state index in [1.807, 2.05) is 11.9 Å². The van der Waals surface area contributed by atoms with Crippen LogP contribution >= 0.6 is 0 Å². The summed E-state index contributed by atoms with van der Waals surface area (Å²) >= 11 is 0. The highest BCUT2D eigenvalue weighted by molar-refractivity contribution is 7.90. The van der Waals surface area contributed by atoms with Crippen LogP contribution in [0.4, 0.5) is 13.2 Å². The van der Waals surface area contributed by atoms with Crippen LogP contribution < -0.4 is 5.32 Å². The maximum Gasteiger partial charge on any atom is 0.511 e.